The number of rotatable bonds is 6. The highest BCUT2D eigenvalue weighted by Crippen LogP contribution is 2.19. The largest absolute Gasteiger partial charge is 0.334 e. The molecule has 0 unspecified atom stereocenters. The van der Waals surface area contributed by atoms with Gasteiger partial charge in [-0.15, -0.1) is 0 Å². The first-order chi connectivity index (χ1) is 13.5. The summed E-state index contributed by atoms with van der Waals surface area (Å²) in [6.45, 7) is 7.54. The van der Waals surface area contributed by atoms with Crippen LogP contribution < -0.4 is 10.9 Å². The summed E-state index contributed by atoms with van der Waals surface area (Å²) >= 11 is 0. The van der Waals surface area contributed by atoms with E-state index in [2.05, 4.69) is 5.32 Å². The van der Waals surface area contributed by atoms with Gasteiger partial charge in [0.15, 0.2) is 0 Å². The summed E-state index contributed by atoms with van der Waals surface area (Å²) in [4.78, 5) is 50.1. The number of carbonyl (C=O) groups excluding carboxylic acids is 2. The molecule has 1 aromatic carbocycles. The molecule has 9 heteroatoms. The zero-order valence-corrected chi connectivity index (χ0v) is 17.0. The molecule has 1 N–H and O–H groups in total. The molecule has 2 amide bonds. The number of nitrogens with zero attached hydrogens (tertiary/aromatic N) is 3. The van der Waals surface area contributed by atoms with Crippen LogP contribution in [0, 0.1) is 10.1 Å². The Labute approximate surface area is 168 Å². The summed E-state index contributed by atoms with van der Waals surface area (Å²) in [6.07, 6.45) is 1.41. The molecule has 9 nitrogen and oxygen atoms in total. The van der Waals surface area contributed by atoms with Crippen molar-refractivity contribution in [2.75, 3.05) is 5.32 Å². The maximum atomic E-state index is 13.0. The molecule has 0 fully saturated rings. The van der Waals surface area contributed by atoms with Crippen LogP contribution in [-0.2, 0) is 7.05 Å². The van der Waals surface area contributed by atoms with Crippen molar-refractivity contribution in [1.82, 2.24) is 9.47 Å². The molecule has 2 rings (SSSR count). The molecule has 0 radical (unpaired) electrons. The zero-order valence-electron chi connectivity index (χ0n) is 17.0. The van der Waals surface area contributed by atoms with Gasteiger partial charge in [-0.05, 0) is 39.8 Å². The molecular weight excluding hydrogens is 376 g/mol. The van der Waals surface area contributed by atoms with E-state index in [0.717, 1.165) is 0 Å². The van der Waals surface area contributed by atoms with Crippen LogP contribution in [0.5, 0.6) is 0 Å². The third-order valence-corrected chi connectivity index (χ3v) is 4.37. The lowest BCUT2D eigenvalue weighted by Crippen LogP contribution is -2.42. The minimum atomic E-state index is -0.802. The van der Waals surface area contributed by atoms with Gasteiger partial charge in [0.25, 0.3) is 23.1 Å². The van der Waals surface area contributed by atoms with Gasteiger partial charge in [-0.1, -0.05) is 12.1 Å². The monoisotopic (exact) mass is 400 g/mol. The third-order valence-electron chi connectivity index (χ3n) is 4.37. The maximum Gasteiger partial charge on any atom is 0.282 e. The first-order valence-corrected chi connectivity index (χ1v) is 9.12. The van der Waals surface area contributed by atoms with Crippen molar-refractivity contribution in [1.29, 1.82) is 0 Å². The molecule has 154 valence electrons. The maximum absolute atomic E-state index is 13.0. The van der Waals surface area contributed by atoms with E-state index in [1.807, 2.05) is 27.7 Å². The Morgan fingerprint density at radius 1 is 1.14 bits per heavy atom. The minimum Gasteiger partial charge on any atom is -0.334 e. The number of amides is 2. The number of aryl methyl sites for hydroxylation is 1. The number of nitro groups is 1. The summed E-state index contributed by atoms with van der Waals surface area (Å²) in [5, 5.41) is 13.6. The number of nitro benzene ring substituents is 1. The number of anilines is 1. The van der Waals surface area contributed by atoms with E-state index < -0.39 is 16.4 Å². The molecule has 1 heterocycles. The topological polar surface area (TPSA) is 115 Å². The van der Waals surface area contributed by atoms with E-state index in [1.54, 1.807) is 4.90 Å². The highest BCUT2D eigenvalue weighted by Gasteiger charge is 2.24. The van der Waals surface area contributed by atoms with Crippen LogP contribution >= 0.6 is 0 Å². The van der Waals surface area contributed by atoms with Crippen LogP contribution in [-0.4, -0.2) is 38.3 Å². The first-order valence-electron chi connectivity index (χ1n) is 9.12. The van der Waals surface area contributed by atoms with Gasteiger partial charge in [0.1, 0.15) is 11.3 Å². The molecule has 0 aliphatic rings. The fraction of sp³-hybridized carbons (Fsp3) is 0.350. The number of hydrogen-bond donors (Lipinski definition) is 1. The van der Waals surface area contributed by atoms with E-state index in [1.165, 1.54) is 48.1 Å². The molecule has 1 aromatic heterocycles. The first kappa shape index (κ1) is 21.8. The van der Waals surface area contributed by atoms with Crippen LogP contribution in [0.3, 0.4) is 0 Å². The Morgan fingerprint density at radius 3 is 2.28 bits per heavy atom. The summed E-state index contributed by atoms with van der Waals surface area (Å²) < 4.78 is 1.20. The summed E-state index contributed by atoms with van der Waals surface area (Å²) in [5.41, 5.74) is -0.988. The predicted molar refractivity (Wildman–Crippen MR) is 109 cm³/mol. The van der Waals surface area contributed by atoms with Crippen molar-refractivity contribution in [3.05, 3.63) is 68.1 Å². The van der Waals surface area contributed by atoms with Gasteiger partial charge >= 0.3 is 0 Å². The van der Waals surface area contributed by atoms with E-state index in [-0.39, 0.29) is 40.5 Å². The highest BCUT2D eigenvalue weighted by molar-refractivity contribution is 6.07. The van der Waals surface area contributed by atoms with Crippen molar-refractivity contribution < 1.29 is 14.5 Å². The second kappa shape index (κ2) is 8.68. The molecule has 0 aliphatic heterocycles. The normalized spacial score (nSPS) is 10.9. The Kier molecular flexibility index (Phi) is 6.53. The number of pyridine rings is 1. The van der Waals surface area contributed by atoms with Crippen molar-refractivity contribution >= 4 is 23.2 Å². The average molecular weight is 400 g/mol. The standard InChI is InChI=1S/C20H24N4O5/c1-12(2)23(13(3)4)19(26)14-10-16(20(27)22(5)11-14)21-18(25)15-8-6-7-9-17(15)24(28)29/h6-13H,1-5H3,(H,21,25). The lowest BCUT2D eigenvalue weighted by Gasteiger charge is -2.31. The van der Waals surface area contributed by atoms with Gasteiger partial charge in [0.2, 0.25) is 0 Å². The van der Waals surface area contributed by atoms with E-state index >= 15 is 0 Å². The smallest absolute Gasteiger partial charge is 0.282 e. The lowest BCUT2D eigenvalue weighted by molar-refractivity contribution is -0.385. The molecular formula is C20H24N4O5. The van der Waals surface area contributed by atoms with Crippen LogP contribution in [0.25, 0.3) is 0 Å². The van der Waals surface area contributed by atoms with Crippen LogP contribution in [0.2, 0.25) is 0 Å². The number of benzene rings is 1. The van der Waals surface area contributed by atoms with Gasteiger partial charge in [-0.2, -0.15) is 0 Å². The average Bonchev–Trinajstić information content (AvgIpc) is 2.64. The van der Waals surface area contributed by atoms with E-state index in [4.69, 9.17) is 0 Å². The summed E-state index contributed by atoms with van der Waals surface area (Å²) in [5.74, 6) is -1.09. The minimum absolute atomic E-state index is 0.0651. The lowest BCUT2D eigenvalue weighted by atomic mass is 10.1. The van der Waals surface area contributed by atoms with Gasteiger partial charge in [-0.25, -0.2) is 0 Å². The Hall–Kier alpha value is -3.49. The van der Waals surface area contributed by atoms with Crippen LogP contribution in [0.1, 0.15) is 48.4 Å². The van der Waals surface area contributed by atoms with E-state index in [0.29, 0.717) is 0 Å². The third kappa shape index (κ3) is 4.68. The second-order valence-electron chi connectivity index (χ2n) is 7.19. The van der Waals surface area contributed by atoms with Crippen molar-refractivity contribution in [3.8, 4) is 0 Å². The van der Waals surface area contributed by atoms with Crippen molar-refractivity contribution in [3.63, 3.8) is 0 Å². The summed E-state index contributed by atoms with van der Waals surface area (Å²) in [7, 11) is 1.47. The molecule has 0 saturated heterocycles. The molecule has 2 aromatic rings. The Morgan fingerprint density at radius 2 is 1.72 bits per heavy atom. The number of carbonyl (C=O) groups is 2. The van der Waals surface area contributed by atoms with Gasteiger partial charge in [0.05, 0.1) is 10.5 Å². The van der Waals surface area contributed by atoms with Crippen molar-refractivity contribution in [2.45, 2.75) is 39.8 Å². The summed E-state index contributed by atoms with van der Waals surface area (Å²) in [6, 6.07) is 6.61. The van der Waals surface area contributed by atoms with Gasteiger partial charge in [-0.3, -0.25) is 24.5 Å². The fourth-order valence-electron chi connectivity index (χ4n) is 3.15. The zero-order chi connectivity index (χ0) is 21.9. The molecule has 0 aliphatic carbocycles. The molecule has 0 bridgehead atoms. The molecule has 0 saturated carbocycles. The van der Waals surface area contributed by atoms with Crippen LogP contribution in [0.4, 0.5) is 11.4 Å². The highest BCUT2D eigenvalue weighted by atomic mass is 16.6. The van der Waals surface area contributed by atoms with E-state index in [9.17, 15) is 24.5 Å². The molecule has 0 spiro atoms. The predicted octanol–water partition coefficient (Wildman–Crippen LogP) is 2.80. The molecule has 29 heavy (non-hydrogen) atoms. The number of nitrogens with one attached hydrogen (secondary N) is 1. The fourth-order valence-corrected chi connectivity index (χ4v) is 3.15. The van der Waals surface area contributed by atoms with Gasteiger partial charge in [0, 0.05) is 31.4 Å². The van der Waals surface area contributed by atoms with Crippen LogP contribution in [0.15, 0.2) is 41.3 Å². The Bertz CT molecular complexity index is 1000. The number of hydrogen-bond acceptors (Lipinski definition) is 5. The van der Waals surface area contributed by atoms with Crippen molar-refractivity contribution in [2.24, 2.45) is 7.05 Å². The Balaban J connectivity index is 2.45. The van der Waals surface area contributed by atoms with Gasteiger partial charge < -0.3 is 14.8 Å². The quantitative estimate of drug-likeness (QED) is 0.591. The number of para-hydroxylation sites is 1. The SMILES string of the molecule is CC(C)N(C(=O)c1cc(NC(=O)c2ccccc2[N+](=O)[O-])c(=O)n(C)c1)C(C)C. The second-order valence-corrected chi connectivity index (χ2v) is 7.19. The number of aromatic nitrogens is 1. The molecule has 0 atom stereocenters.